The molecule has 0 bridgehead atoms. The fourth-order valence-electron chi connectivity index (χ4n) is 3.81. The Bertz CT molecular complexity index is 1020. The summed E-state index contributed by atoms with van der Waals surface area (Å²) in [4.78, 5) is 11.7. The molecule has 0 radical (unpaired) electrons. The first-order valence-corrected chi connectivity index (χ1v) is 10.2. The molecular weight excluding hydrogens is 408 g/mol. The first-order valence-electron chi connectivity index (χ1n) is 9.79. The molecule has 0 aliphatic carbocycles. The molecule has 0 spiro atoms. The van der Waals surface area contributed by atoms with Gasteiger partial charge in [0.2, 0.25) is 0 Å². The first-order chi connectivity index (χ1) is 14.2. The highest BCUT2D eigenvalue weighted by Crippen LogP contribution is 2.45. The summed E-state index contributed by atoms with van der Waals surface area (Å²) in [5.41, 5.74) is 2.47. The minimum absolute atomic E-state index is 0.00488. The molecule has 1 unspecified atom stereocenters. The molecule has 1 aromatic carbocycles. The Labute approximate surface area is 180 Å². The summed E-state index contributed by atoms with van der Waals surface area (Å²) in [7, 11) is 1.65. The molecule has 162 valence electrons. The van der Waals surface area contributed by atoms with Gasteiger partial charge in [-0.3, -0.25) is 0 Å². The zero-order valence-electron chi connectivity index (χ0n) is 17.6. The monoisotopic (exact) mass is 434 g/mol. The fraction of sp³-hybridized carbons (Fsp3) is 0.455. The molecule has 7 nitrogen and oxygen atoms in total. The Kier molecular flexibility index (Phi) is 6.43. The third kappa shape index (κ3) is 4.32. The molecule has 1 atom stereocenters. The topological polar surface area (TPSA) is 93.3 Å². The van der Waals surface area contributed by atoms with Crippen molar-refractivity contribution in [3.63, 3.8) is 0 Å². The summed E-state index contributed by atoms with van der Waals surface area (Å²) >= 11 is 6.49. The van der Waals surface area contributed by atoms with E-state index in [-0.39, 0.29) is 22.4 Å². The molecule has 2 N–H and O–H groups in total. The van der Waals surface area contributed by atoms with Gasteiger partial charge in [0.25, 0.3) is 0 Å². The normalized spacial score (nSPS) is 16.2. The van der Waals surface area contributed by atoms with E-state index in [1.54, 1.807) is 19.4 Å². The van der Waals surface area contributed by atoms with Gasteiger partial charge in [0.05, 0.1) is 17.3 Å². The van der Waals surface area contributed by atoms with E-state index < -0.39 is 5.97 Å². The van der Waals surface area contributed by atoms with Crippen LogP contribution in [0.1, 0.15) is 49.2 Å². The maximum absolute atomic E-state index is 11.7. The number of nitrogens with zero attached hydrogens (tertiary/aromatic N) is 2. The van der Waals surface area contributed by atoms with Crippen molar-refractivity contribution in [2.75, 3.05) is 20.3 Å². The van der Waals surface area contributed by atoms with Gasteiger partial charge in [0, 0.05) is 37.9 Å². The van der Waals surface area contributed by atoms with Gasteiger partial charge in [-0.2, -0.15) is 0 Å². The quantitative estimate of drug-likeness (QED) is 0.400. The third-order valence-corrected chi connectivity index (χ3v) is 5.66. The van der Waals surface area contributed by atoms with Crippen molar-refractivity contribution in [3.8, 4) is 17.0 Å². The number of benzene rings is 1. The highest BCUT2D eigenvalue weighted by Gasteiger charge is 2.33. The predicted octanol–water partition coefficient (Wildman–Crippen LogP) is 4.36. The molecule has 0 saturated heterocycles. The second kappa shape index (κ2) is 8.70. The van der Waals surface area contributed by atoms with Crippen LogP contribution in [0, 0.1) is 5.41 Å². The number of pyridine rings is 1. The third-order valence-electron chi connectivity index (χ3n) is 5.37. The molecule has 8 heteroatoms. The lowest BCUT2D eigenvalue weighted by Crippen LogP contribution is -2.33. The largest absolute Gasteiger partial charge is 0.492 e. The van der Waals surface area contributed by atoms with E-state index in [0.717, 1.165) is 23.2 Å². The Balaban J connectivity index is 2.15. The Morgan fingerprint density at radius 2 is 2.03 bits per heavy atom. The van der Waals surface area contributed by atoms with Crippen LogP contribution in [0.2, 0.25) is 5.02 Å². The molecule has 1 aliphatic heterocycles. The molecule has 1 aliphatic rings. The number of hydrogen-bond acceptors (Lipinski definition) is 5. The number of carbonyl (C=O) groups is 1. The molecule has 1 aromatic heterocycles. The van der Waals surface area contributed by atoms with Gasteiger partial charge >= 0.3 is 5.97 Å². The maximum atomic E-state index is 11.7. The Morgan fingerprint density at radius 3 is 2.63 bits per heavy atom. The zero-order valence-corrected chi connectivity index (χ0v) is 18.4. The zero-order chi connectivity index (χ0) is 22.1. The number of hydrogen-bond donors (Lipinski definition) is 2. The number of carboxylic acid groups (broad SMARTS) is 1. The van der Waals surface area contributed by atoms with Crippen molar-refractivity contribution in [2.45, 2.75) is 39.7 Å². The van der Waals surface area contributed by atoms with Crippen molar-refractivity contribution in [3.05, 3.63) is 45.9 Å². The minimum atomic E-state index is -1.14. The lowest BCUT2D eigenvalue weighted by molar-refractivity contribution is 0.0691. The van der Waals surface area contributed by atoms with Crippen LogP contribution >= 0.6 is 11.6 Å². The van der Waals surface area contributed by atoms with Crippen molar-refractivity contribution < 1.29 is 24.6 Å². The summed E-state index contributed by atoms with van der Waals surface area (Å²) in [6.07, 6.45) is 3.00. The number of aromatic nitrogens is 1. The van der Waals surface area contributed by atoms with Gasteiger partial charge in [-0.15, -0.1) is 0 Å². The number of ether oxygens (including phenoxy) is 2. The molecule has 2 heterocycles. The van der Waals surface area contributed by atoms with Crippen LogP contribution in [0.25, 0.3) is 11.3 Å². The van der Waals surface area contributed by atoms with Crippen LogP contribution < -0.4 is 10.1 Å². The number of rotatable bonds is 6. The highest BCUT2D eigenvalue weighted by atomic mass is 35.5. The summed E-state index contributed by atoms with van der Waals surface area (Å²) < 4.78 is 12.9. The SMILES string of the molecule is COCCCOc1cc2c(cc1Cl)-c1c/c(=N/O)c(C(=O)O)cn1C(C(C)(C)C)C2. The van der Waals surface area contributed by atoms with E-state index in [0.29, 0.717) is 30.4 Å². The fourth-order valence-corrected chi connectivity index (χ4v) is 4.03. The number of carboxylic acids is 1. The van der Waals surface area contributed by atoms with E-state index in [2.05, 4.69) is 25.9 Å². The number of methoxy groups -OCH3 is 1. The van der Waals surface area contributed by atoms with Gasteiger partial charge in [-0.1, -0.05) is 37.5 Å². The molecule has 30 heavy (non-hydrogen) atoms. The van der Waals surface area contributed by atoms with Crippen LogP contribution in [0.3, 0.4) is 0 Å². The minimum Gasteiger partial charge on any atom is -0.492 e. The molecule has 2 aromatic rings. The second-order valence-corrected chi connectivity index (χ2v) is 8.90. The van der Waals surface area contributed by atoms with Crippen molar-refractivity contribution >= 4 is 17.6 Å². The lowest BCUT2D eigenvalue weighted by Gasteiger charge is -2.39. The van der Waals surface area contributed by atoms with E-state index in [1.165, 1.54) is 0 Å². The van der Waals surface area contributed by atoms with Crippen molar-refractivity contribution in [1.82, 2.24) is 4.57 Å². The molecular formula is C22H27ClN2O5. The van der Waals surface area contributed by atoms with Gasteiger partial charge in [-0.25, -0.2) is 4.79 Å². The van der Waals surface area contributed by atoms with Crippen LogP contribution in [0.4, 0.5) is 0 Å². The van der Waals surface area contributed by atoms with Crippen molar-refractivity contribution in [2.24, 2.45) is 10.6 Å². The number of halogens is 1. The predicted molar refractivity (Wildman–Crippen MR) is 113 cm³/mol. The number of aromatic carboxylic acids is 1. The Hall–Kier alpha value is -2.51. The maximum Gasteiger partial charge on any atom is 0.339 e. The van der Waals surface area contributed by atoms with Gasteiger partial charge < -0.3 is 24.4 Å². The standard InChI is InChI=1S/C22H27ClN2O5/c1-22(2,3)20-9-13-8-19(30-7-5-6-29-4)16(23)10-14(13)18-11-17(24-28)15(21(26)27)12-25(18)20/h8,10-12,20,28H,5-7,9H2,1-4H3,(H,26,27)/b24-17-. The molecule has 3 rings (SSSR count). The van der Waals surface area contributed by atoms with Crippen LogP contribution in [0.15, 0.2) is 29.6 Å². The highest BCUT2D eigenvalue weighted by molar-refractivity contribution is 6.32. The summed E-state index contributed by atoms with van der Waals surface area (Å²) in [5, 5.41) is 22.6. The van der Waals surface area contributed by atoms with E-state index in [1.807, 2.05) is 16.7 Å². The van der Waals surface area contributed by atoms with E-state index >= 15 is 0 Å². The van der Waals surface area contributed by atoms with Gasteiger partial charge in [0.15, 0.2) is 0 Å². The summed E-state index contributed by atoms with van der Waals surface area (Å²) in [6, 6.07) is 5.37. The van der Waals surface area contributed by atoms with Gasteiger partial charge in [0.1, 0.15) is 16.7 Å². The molecule has 0 saturated carbocycles. The Morgan fingerprint density at radius 1 is 1.30 bits per heavy atom. The smallest absolute Gasteiger partial charge is 0.339 e. The van der Waals surface area contributed by atoms with Crippen LogP contribution in [-0.4, -0.2) is 41.2 Å². The first kappa shape index (κ1) is 22.2. The van der Waals surface area contributed by atoms with Crippen LogP contribution in [0.5, 0.6) is 5.75 Å². The average molecular weight is 435 g/mol. The second-order valence-electron chi connectivity index (χ2n) is 8.49. The van der Waals surface area contributed by atoms with Crippen LogP contribution in [-0.2, 0) is 11.2 Å². The molecule has 0 fully saturated rings. The molecule has 0 amide bonds. The van der Waals surface area contributed by atoms with E-state index in [4.69, 9.17) is 21.1 Å². The summed E-state index contributed by atoms with van der Waals surface area (Å²) in [6.45, 7) is 7.45. The van der Waals surface area contributed by atoms with Crippen molar-refractivity contribution in [1.29, 1.82) is 0 Å². The average Bonchev–Trinajstić information content (AvgIpc) is 2.69. The summed E-state index contributed by atoms with van der Waals surface area (Å²) in [5.74, 6) is -0.531. The number of fused-ring (bicyclic) bond motifs is 3. The van der Waals surface area contributed by atoms with E-state index in [9.17, 15) is 15.1 Å². The lowest BCUT2D eigenvalue weighted by atomic mass is 9.79. The van der Waals surface area contributed by atoms with Gasteiger partial charge in [-0.05, 0) is 35.6 Å².